The molecular weight excluding hydrogens is 255 g/mol. The maximum absolute atomic E-state index is 14.0. The third-order valence-corrected chi connectivity index (χ3v) is 3.85. The maximum Gasteiger partial charge on any atom is 0.186 e. The Morgan fingerprint density at radius 3 is 2.70 bits per heavy atom. The Kier molecular flexibility index (Phi) is 5.29. The van der Waals surface area contributed by atoms with Crippen molar-refractivity contribution in [2.45, 2.75) is 33.6 Å². The molecule has 0 unspecified atom stereocenters. The van der Waals surface area contributed by atoms with Crippen molar-refractivity contribution in [3.8, 4) is 0 Å². The van der Waals surface area contributed by atoms with Gasteiger partial charge in [-0.25, -0.2) is 14.4 Å². The van der Waals surface area contributed by atoms with Crippen LogP contribution >= 0.6 is 0 Å². The van der Waals surface area contributed by atoms with E-state index in [1.54, 1.807) is 6.92 Å². The van der Waals surface area contributed by atoms with E-state index in [4.69, 9.17) is 0 Å². The first-order chi connectivity index (χ1) is 9.58. The number of aryl methyl sites for hydroxylation is 1. The quantitative estimate of drug-likeness (QED) is 0.899. The number of piperidine rings is 1. The number of nitrogens with one attached hydrogen (secondary N) is 1. The van der Waals surface area contributed by atoms with Crippen molar-refractivity contribution >= 4 is 5.82 Å². The molecule has 4 nitrogen and oxygen atoms in total. The molecule has 1 N–H and O–H groups in total. The van der Waals surface area contributed by atoms with E-state index >= 15 is 0 Å². The summed E-state index contributed by atoms with van der Waals surface area (Å²) < 4.78 is 14.0. The number of rotatable bonds is 5. The van der Waals surface area contributed by atoms with E-state index < -0.39 is 0 Å². The SMILES string of the molecule is Cc1ncnc(N2CCC(CNCC(C)C)CC2)c1F. The van der Waals surface area contributed by atoms with Crippen LogP contribution < -0.4 is 10.2 Å². The minimum absolute atomic E-state index is 0.274. The van der Waals surface area contributed by atoms with Gasteiger partial charge in [-0.05, 0) is 44.7 Å². The van der Waals surface area contributed by atoms with Gasteiger partial charge in [0.2, 0.25) is 0 Å². The molecule has 1 aliphatic heterocycles. The van der Waals surface area contributed by atoms with Crippen LogP contribution in [-0.2, 0) is 0 Å². The largest absolute Gasteiger partial charge is 0.354 e. The summed E-state index contributed by atoms with van der Waals surface area (Å²) in [5.41, 5.74) is 0.427. The Labute approximate surface area is 120 Å². The van der Waals surface area contributed by atoms with Crippen molar-refractivity contribution in [2.24, 2.45) is 11.8 Å². The molecule has 20 heavy (non-hydrogen) atoms. The fourth-order valence-electron chi connectivity index (χ4n) is 2.59. The molecule has 0 radical (unpaired) electrons. The monoisotopic (exact) mass is 280 g/mol. The lowest BCUT2D eigenvalue weighted by atomic mass is 9.96. The highest BCUT2D eigenvalue weighted by Gasteiger charge is 2.22. The van der Waals surface area contributed by atoms with Crippen molar-refractivity contribution in [1.82, 2.24) is 15.3 Å². The first kappa shape index (κ1) is 15.2. The molecule has 5 heteroatoms. The molecule has 0 atom stereocenters. The minimum atomic E-state index is -0.274. The zero-order chi connectivity index (χ0) is 14.5. The molecule has 1 aliphatic rings. The lowest BCUT2D eigenvalue weighted by Gasteiger charge is -2.33. The van der Waals surface area contributed by atoms with Gasteiger partial charge < -0.3 is 10.2 Å². The molecule has 0 amide bonds. The highest BCUT2D eigenvalue weighted by molar-refractivity contribution is 5.41. The molecule has 0 bridgehead atoms. The van der Waals surface area contributed by atoms with Crippen molar-refractivity contribution in [3.63, 3.8) is 0 Å². The molecule has 1 aromatic rings. The normalized spacial score (nSPS) is 16.9. The van der Waals surface area contributed by atoms with Crippen LogP contribution in [0.1, 0.15) is 32.4 Å². The molecule has 2 rings (SSSR count). The number of halogens is 1. The predicted octanol–water partition coefficient (Wildman–Crippen LogP) is 2.39. The van der Waals surface area contributed by atoms with Gasteiger partial charge in [0.15, 0.2) is 11.6 Å². The van der Waals surface area contributed by atoms with Gasteiger partial charge in [0, 0.05) is 13.1 Å². The Morgan fingerprint density at radius 1 is 1.35 bits per heavy atom. The van der Waals surface area contributed by atoms with E-state index in [-0.39, 0.29) is 5.82 Å². The van der Waals surface area contributed by atoms with Crippen molar-refractivity contribution in [2.75, 3.05) is 31.1 Å². The molecule has 0 spiro atoms. The smallest absolute Gasteiger partial charge is 0.186 e. The maximum atomic E-state index is 14.0. The second-order valence-electron chi connectivity index (χ2n) is 6.08. The summed E-state index contributed by atoms with van der Waals surface area (Å²) in [4.78, 5) is 10.0. The van der Waals surface area contributed by atoms with Gasteiger partial charge in [-0.3, -0.25) is 0 Å². The molecule has 1 aromatic heterocycles. The Bertz CT molecular complexity index is 428. The summed E-state index contributed by atoms with van der Waals surface area (Å²) in [6.45, 7) is 10.0. The molecule has 0 saturated carbocycles. The molecule has 1 saturated heterocycles. The molecule has 2 heterocycles. The highest BCUT2D eigenvalue weighted by Crippen LogP contribution is 2.24. The zero-order valence-electron chi connectivity index (χ0n) is 12.7. The number of aromatic nitrogens is 2. The van der Waals surface area contributed by atoms with Crippen molar-refractivity contribution in [3.05, 3.63) is 17.8 Å². The van der Waals surface area contributed by atoms with Gasteiger partial charge in [0.05, 0.1) is 5.69 Å². The van der Waals surface area contributed by atoms with E-state index in [0.717, 1.165) is 39.0 Å². The Hall–Kier alpha value is -1.23. The third-order valence-electron chi connectivity index (χ3n) is 3.85. The van der Waals surface area contributed by atoms with Crippen LogP contribution in [0.4, 0.5) is 10.2 Å². The second kappa shape index (κ2) is 6.97. The number of nitrogens with zero attached hydrogens (tertiary/aromatic N) is 3. The Balaban J connectivity index is 1.83. The first-order valence-corrected chi connectivity index (χ1v) is 7.50. The van der Waals surface area contributed by atoms with Crippen LogP contribution in [0.3, 0.4) is 0 Å². The summed E-state index contributed by atoms with van der Waals surface area (Å²) in [6.07, 6.45) is 3.63. The predicted molar refractivity (Wildman–Crippen MR) is 79.4 cm³/mol. The number of hydrogen-bond donors (Lipinski definition) is 1. The Morgan fingerprint density at radius 2 is 2.05 bits per heavy atom. The molecule has 0 aromatic carbocycles. The summed E-state index contributed by atoms with van der Waals surface area (Å²) in [7, 11) is 0. The van der Waals surface area contributed by atoms with E-state index in [9.17, 15) is 4.39 Å². The van der Waals surface area contributed by atoms with Gasteiger partial charge >= 0.3 is 0 Å². The number of hydrogen-bond acceptors (Lipinski definition) is 4. The van der Waals surface area contributed by atoms with E-state index in [2.05, 4.69) is 29.1 Å². The third kappa shape index (κ3) is 3.88. The van der Waals surface area contributed by atoms with Gasteiger partial charge in [-0.15, -0.1) is 0 Å². The van der Waals surface area contributed by atoms with Crippen LogP contribution in [0, 0.1) is 24.6 Å². The molecule has 112 valence electrons. The van der Waals surface area contributed by atoms with Gasteiger partial charge in [-0.1, -0.05) is 13.8 Å². The average Bonchev–Trinajstić information content (AvgIpc) is 2.42. The molecule has 1 fully saturated rings. The van der Waals surface area contributed by atoms with Gasteiger partial charge in [0.1, 0.15) is 6.33 Å². The summed E-state index contributed by atoms with van der Waals surface area (Å²) in [5, 5.41) is 3.51. The number of anilines is 1. The van der Waals surface area contributed by atoms with Crippen molar-refractivity contribution < 1.29 is 4.39 Å². The average molecular weight is 280 g/mol. The van der Waals surface area contributed by atoms with Crippen LogP contribution in [0.15, 0.2) is 6.33 Å². The molecule has 0 aliphatic carbocycles. The topological polar surface area (TPSA) is 41.1 Å². The van der Waals surface area contributed by atoms with Crippen LogP contribution in [0.5, 0.6) is 0 Å². The van der Waals surface area contributed by atoms with Crippen LogP contribution in [-0.4, -0.2) is 36.1 Å². The first-order valence-electron chi connectivity index (χ1n) is 7.50. The second-order valence-corrected chi connectivity index (χ2v) is 6.08. The lowest BCUT2D eigenvalue weighted by molar-refractivity contribution is 0.371. The lowest BCUT2D eigenvalue weighted by Crippen LogP contribution is -2.38. The zero-order valence-corrected chi connectivity index (χ0v) is 12.7. The summed E-state index contributed by atoms with van der Waals surface area (Å²) in [6, 6.07) is 0. The fourth-order valence-corrected chi connectivity index (χ4v) is 2.59. The van der Waals surface area contributed by atoms with Crippen molar-refractivity contribution in [1.29, 1.82) is 0 Å². The van der Waals surface area contributed by atoms with E-state index in [1.807, 2.05) is 4.90 Å². The standard InChI is InChI=1S/C15H25FN4/c1-11(2)8-17-9-13-4-6-20(7-5-13)15-14(16)12(3)18-10-19-15/h10-11,13,17H,4-9H2,1-3H3. The van der Waals surface area contributed by atoms with Gasteiger partial charge in [-0.2, -0.15) is 0 Å². The summed E-state index contributed by atoms with van der Waals surface area (Å²) in [5.74, 6) is 1.57. The van der Waals surface area contributed by atoms with Crippen LogP contribution in [0.25, 0.3) is 0 Å². The molecular formula is C15H25FN4. The summed E-state index contributed by atoms with van der Waals surface area (Å²) >= 11 is 0. The van der Waals surface area contributed by atoms with Crippen LogP contribution in [0.2, 0.25) is 0 Å². The van der Waals surface area contributed by atoms with Gasteiger partial charge in [0.25, 0.3) is 0 Å². The minimum Gasteiger partial charge on any atom is -0.354 e. The fraction of sp³-hybridized carbons (Fsp3) is 0.733. The highest BCUT2D eigenvalue weighted by atomic mass is 19.1. The van der Waals surface area contributed by atoms with E-state index in [1.165, 1.54) is 6.33 Å². The van der Waals surface area contributed by atoms with E-state index in [0.29, 0.717) is 23.3 Å².